The van der Waals surface area contributed by atoms with Gasteiger partial charge in [-0.3, -0.25) is 14.7 Å². The lowest BCUT2D eigenvalue weighted by molar-refractivity contribution is -0.000372. The van der Waals surface area contributed by atoms with Crippen LogP contribution in [0.3, 0.4) is 0 Å². The lowest BCUT2D eigenvalue weighted by Gasteiger charge is -2.37. The quantitative estimate of drug-likeness (QED) is 0.605. The molecule has 3 aliphatic rings. The summed E-state index contributed by atoms with van der Waals surface area (Å²) in [6.45, 7) is 13.9. The van der Waals surface area contributed by atoms with E-state index in [0.717, 1.165) is 82.7 Å². The van der Waals surface area contributed by atoms with E-state index in [2.05, 4.69) is 45.7 Å². The molecule has 33 heavy (non-hydrogen) atoms. The van der Waals surface area contributed by atoms with Gasteiger partial charge in [0.05, 0.1) is 12.7 Å². The highest BCUT2D eigenvalue weighted by atomic mass is 16.5. The van der Waals surface area contributed by atoms with E-state index in [1.54, 1.807) is 7.11 Å². The standard InChI is InChI=1S/C26H44N4O3/c1-22-6-9-28(10-7-22)16-17-33-24-5-4-23(18-25(24)32-3)19-30-11-8-26(31,21-30)20-29-14-12-27(2)13-15-29/h4-5,18,22,31H,6-17,19-21H2,1-3H3/t26-/m0/s1. The van der Waals surface area contributed by atoms with Crippen molar-refractivity contribution in [2.24, 2.45) is 5.92 Å². The topological polar surface area (TPSA) is 51.7 Å². The average Bonchev–Trinajstić information content (AvgIpc) is 3.17. The summed E-state index contributed by atoms with van der Waals surface area (Å²) >= 11 is 0. The molecule has 3 aliphatic heterocycles. The van der Waals surface area contributed by atoms with Gasteiger partial charge in [0, 0.05) is 58.9 Å². The van der Waals surface area contributed by atoms with Crippen LogP contribution in [0.2, 0.25) is 0 Å². The molecule has 1 aromatic rings. The summed E-state index contributed by atoms with van der Waals surface area (Å²) in [5, 5.41) is 11.2. The largest absolute Gasteiger partial charge is 0.493 e. The first kappa shape index (κ1) is 24.7. The van der Waals surface area contributed by atoms with Gasteiger partial charge in [-0.15, -0.1) is 0 Å². The smallest absolute Gasteiger partial charge is 0.161 e. The van der Waals surface area contributed by atoms with Crippen molar-refractivity contribution in [3.63, 3.8) is 0 Å². The number of hydrogen-bond acceptors (Lipinski definition) is 7. The zero-order chi connectivity index (χ0) is 23.3. The van der Waals surface area contributed by atoms with Crippen LogP contribution in [0, 0.1) is 5.92 Å². The molecule has 3 heterocycles. The molecule has 3 saturated heterocycles. The Morgan fingerprint density at radius 3 is 2.45 bits per heavy atom. The Labute approximate surface area is 200 Å². The van der Waals surface area contributed by atoms with Crippen molar-refractivity contribution >= 4 is 0 Å². The molecule has 0 saturated carbocycles. The minimum atomic E-state index is -0.602. The van der Waals surface area contributed by atoms with Gasteiger partial charge in [-0.2, -0.15) is 0 Å². The number of hydrogen-bond donors (Lipinski definition) is 1. The molecule has 0 bridgehead atoms. The van der Waals surface area contributed by atoms with Crippen molar-refractivity contribution in [3.05, 3.63) is 23.8 Å². The number of β-amino-alcohol motifs (C(OH)–C–C–N with tert-alkyl or cyclic N) is 1. The van der Waals surface area contributed by atoms with Crippen LogP contribution in [0.1, 0.15) is 31.7 Å². The molecule has 0 spiro atoms. The van der Waals surface area contributed by atoms with Crippen LogP contribution < -0.4 is 9.47 Å². The summed E-state index contributed by atoms with van der Waals surface area (Å²) in [5.41, 5.74) is 0.600. The van der Waals surface area contributed by atoms with Gasteiger partial charge in [0.1, 0.15) is 6.61 Å². The molecule has 0 amide bonds. The Bertz CT molecular complexity index is 747. The van der Waals surface area contributed by atoms with E-state index in [4.69, 9.17) is 9.47 Å². The zero-order valence-corrected chi connectivity index (χ0v) is 21.0. The molecule has 7 heteroatoms. The van der Waals surface area contributed by atoms with Crippen molar-refractivity contribution in [2.75, 3.05) is 86.2 Å². The predicted molar refractivity (Wildman–Crippen MR) is 132 cm³/mol. The third kappa shape index (κ3) is 7.06. The van der Waals surface area contributed by atoms with Crippen molar-refractivity contribution in [1.29, 1.82) is 0 Å². The summed E-state index contributed by atoms with van der Waals surface area (Å²) in [6.07, 6.45) is 3.42. The minimum Gasteiger partial charge on any atom is -0.493 e. The molecule has 1 atom stereocenters. The average molecular weight is 461 g/mol. The highest BCUT2D eigenvalue weighted by molar-refractivity contribution is 5.43. The fraction of sp³-hybridized carbons (Fsp3) is 0.769. The summed E-state index contributed by atoms with van der Waals surface area (Å²) < 4.78 is 11.7. The highest BCUT2D eigenvalue weighted by Crippen LogP contribution is 2.30. The maximum absolute atomic E-state index is 11.2. The van der Waals surface area contributed by atoms with Gasteiger partial charge in [-0.25, -0.2) is 0 Å². The van der Waals surface area contributed by atoms with E-state index in [-0.39, 0.29) is 0 Å². The van der Waals surface area contributed by atoms with Crippen LogP contribution in [0.5, 0.6) is 11.5 Å². The second-order valence-electron chi connectivity index (χ2n) is 10.6. The molecule has 0 aromatic heterocycles. The number of ether oxygens (including phenoxy) is 2. The van der Waals surface area contributed by atoms with E-state index in [1.165, 1.54) is 31.5 Å². The second-order valence-corrected chi connectivity index (χ2v) is 10.6. The SMILES string of the molecule is COc1cc(CN2CC[C@](O)(CN3CCN(C)CC3)C2)ccc1OCCN1CCC(C)CC1. The van der Waals surface area contributed by atoms with Crippen molar-refractivity contribution in [1.82, 2.24) is 19.6 Å². The molecular formula is C26H44N4O3. The Kier molecular flexibility index (Phi) is 8.52. The maximum Gasteiger partial charge on any atom is 0.161 e. The zero-order valence-electron chi connectivity index (χ0n) is 21.0. The fourth-order valence-corrected chi connectivity index (χ4v) is 5.38. The molecule has 7 nitrogen and oxygen atoms in total. The van der Waals surface area contributed by atoms with E-state index >= 15 is 0 Å². The van der Waals surface area contributed by atoms with Gasteiger partial charge >= 0.3 is 0 Å². The number of piperidine rings is 1. The first-order valence-corrected chi connectivity index (χ1v) is 12.8. The van der Waals surface area contributed by atoms with Gasteiger partial charge in [0.2, 0.25) is 0 Å². The summed E-state index contributed by atoms with van der Waals surface area (Å²) in [7, 11) is 3.88. The Morgan fingerprint density at radius 1 is 0.970 bits per heavy atom. The summed E-state index contributed by atoms with van der Waals surface area (Å²) in [6, 6.07) is 6.27. The number of likely N-dealkylation sites (N-methyl/N-ethyl adjacent to an activating group) is 1. The van der Waals surface area contributed by atoms with Crippen LogP contribution in [0.15, 0.2) is 18.2 Å². The van der Waals surface area contributed by atoms with Crippen LogP contribution in [-0.2, 0) is 6.54 Å². The van der Waals surface area contributed by atoms with Crippen LogP contribution >= 0.6 is 0 Å². The van der Waals surface area contributed by atoms with E-state index in [9.17, 15) is 5.11 Å². The predicted octanol–water partition coefficient (Wildman–Crippen LogP) is 1.99. The molecule has 4 rings (SSSR count). The molecule has 1 N–H and O–H groups in total. The van der Waals surface area contributed by atoms with Crippen molar-refractivity contribution < 1.29 is 14.6 Å². The van der Waals surface area contributed by atoms with E-state index in [0.29, 0.717) is 6.61 Å². The second kappa shape index (κ2) is 11.4. The molecule has 186 valence electrons. The van der Waals surface area contributed by atoms with Gasteiger partial charge in [0.15, 0.2) is 11.5 Å². The highest BCUT2D eigenvalue weighted by Gasteiger charge is 2.37. The third-order valence-corrected chi connectivity index (χ3v) is 7.70. The summed E-state index contributed by atoms with van der Waals surface area (Å²) in [5.74, 6) is 2.47. The first-order valence-electron chi connectivity index (χ1n) is 12.8. The monoisotopic (exact) mass is 460 g/mol. The first-order chi connectivity index (χ1) is 15.9. The Morgan fingerprint density at radius 2 is 1.73 bits per heavy atom. The molecule has 0 aliphatic carbocycles. The molecule has 0 unspecified atom stereocenters. The molecule has 3 fully saturated rings. The van der Waals surface area contributed by atoms with Crippen molar-refractivity contribution in [2.45, 2.75) is 38.3 Å². The molecule has 1 aromatic carbocycles. The van der Waals surface area contributed by atoms with Gasteiger partial charge < -0.3 is 19.5 Å². The lowest BCUT2D eigenvalue weighted by atomic mass is 9.99. The van der Waals surface area contributed by atoms with Gasteiger partial charge in [0.25, 0.3) is 0 Å². The number of aliphatic hydroxyl groups is 1. The number of methoxy groups -OCH3 is 1. The van der Waals surface area contributed by atoms with Crippen LogP contribution in [0.4, 0.5) is 0 Å². The number of rotatable bonds is 9. The normalized spacial score (nSPS) is 26.7. The maximum atomic E-state index is 11.2. The van der Waals surface area contributed by atoms with Gasteiger partial charge in [-0.05, 0) is 63.0 Å². The fourth-order valence-electron chi connectivity index (χ4n) is 5.38. The van der Waals surface area contributed by atoms with Gasteiger partial charge in [-0.1, -0.05) is 13.0 Å². The number of likely N-dealkylation sites (tertiary alicyclic amines) is 2. The minimum absolute atomic E-state index is 0.602. The third-order valence-electron chi connectivity index (χ3n) is 7.70. The lowest BCUT2D eigenvalue weighted by Crippen LogP contribution is -2.51. The Hall–Kier alpha value is -1.38. The van der Waals surface area contributed by atoms with E-state index in [1.807, 2.05) is 6.07 Å². The molecular weight excluding hydrogens is 416 g/mol. The molecule has 0 radical (unpaired) electrons. The van der Waals surface area contributed by atoms with Crippen molar-refractivity contribution in [3.8, 4) is 11.5 Å². The van der Waals surface area contributed by atoms with E-state index < -0.39 is 5.60 Å². The van der Waals surface area contributed by atoms with Crippen LogP contribution in [0.25, 0.3) is 0 Å². The number of piperazine rings is 1. The number of benzene rings is 1. The summed E-state index contributed by atoms with van der Waals surface area (Å²) in [4.78, 5) is 9.64. The Balaban J connectivity index is 1.24. The number of nitrogens with zero attached hydrogens (tertiary/aromatic N) is 4. The van der Waals surface area contributed by atoms with Crippen LogP contribution in [-0.4, -0.2) is 117 Å².